The predicted octanol–water partition coefficient (Wildman–Crippen LogP) is 3.09. The Morgan fingerprint density at radius 3 is 2.47 bits per heavy atom. The van der Waals surface area contributed by atoms with Crippen molar-refractivity contribution in [1.82, 2.24) is 0 Å². The minimum Gasteiger partial charge on any atom is -0.371 e. The van der Waals surface area contributed by atoms with Gasteiger partial charge in [-0.2, -0.15) is 0 Å². The van der Waals surface area contributed by atoms with Crippen LogP contribution in [0.2, 0.25) is 0 Å². The first-order valence-electron chi connectivity index (χ1n) is 7.09. The van der Waals surface area contributed by atoms with Gasteiger partial charge in [0.05, 0.1) is 0 Å². The summed E-state index contributed by atoms with van der Waals surface area (Å²) >= 11 is 0. The lowest BCUT2D eigenvalue weighted by molar-refractivity contribution is -0.125. The summed E-state index contributed by atoms with van der Waals surface area (Å²) in [6.07, 6.45) is 3.03. The summed E-state index contributed by atoms with van der Waals surface area (Å²) in [5.41, 5.74) is 7.32. The molecule has 3 N–H and O–H groups in total. The Morgan fingerprint density at radius 1 is 1.26 bits per heavy atom. The molecule has 0 bridgehead atoms. The van der Waals surface area contributed by atoms with Crippen molar-refractivity contribution in [1.29, 1.82) is 0 Å². The SMILES string of the molecule is Cc1ccc(NC2(C(N)=O)CC(C)CCC2C)cc1. The molecule has 1 aromatic carbocycles. The maximum Gasteiger partial charge on any atom is 0.243 e. The van der Waals surface area contributed by atoms with Crippen LogP contribution in [0, 0.1) is 18.8 Å². The van der Waals surface area contributed by atoms with Crippen LogP contribution in [0.5, 0.6) is 0 Å². The van der Waals surface area contributed by atoms with Gasteiger partial charge in [-0.15, -0.1) is 0 Å². The van der Waals surface area contributed by atoms with Crippen LogP contribution < -0.4 is 11.1 Å². The second-order valence-corrected chi connectivity index (χ2v) is 6.11. The molecule has 1 aliphatic rings. The van der Waals surface area contributed by atoms with E-state index in [0.717, 1.165) is 18.5 Å². The second kappa shape index (κ2) is 5.24. The summed E-state index contributed by atoms with van der Waals surface area (Å²) in [6.45, 7) is 6.37. The molecule has 1 aromatic rings. The number of hydrogen-bond acceptors (Lipinski definition) is 2. The third-order valence-corrected chi connectivity index (χ3v) is 4.46. The fraction of sp³-hybridized carbons (Fsp3) is 0.562. The number of aryl methyl sites for hydroxylation is 1. The zero-order valence-electron chi connectivity index (χ0n) is 12.1. The van der Waals surface area contributed by atoms with Gasteiger partial charge in [-0.25, -0.2) is 0 Å². The normalized spacial score (nSPS) is 30.9. The van der Waals surface area contributed by atoms with Gasteiger partial charge in [-0.3, -0.25) is 4.79 Å². The van der Waals surface area contributed by atoms with Gasteiger partial charge >= 0.3 is 0 Å². The van der Waals surface area contributed by atoms with E-state index in [2.05, 4.69) is 26.1 Å². The summed E-state index contributed by atoms with van der Waals surface area (Å²) in [4.78, 5) is 12.1. The van der Waals surface area contributed by atoms with E-state index in [1.807, 2.05) is 24.3 Å². The number of nitrogens with one attached hydrogen (secondary N) is 1. The van der Waals surface area contributed by atoms with E-state index in [1.165, 1.54) is 12.0 Å². The summed E-state index contributed by atoms with van der Waals surface area (Å²) < 4.78 is 0. The van der Waals surface area contributed by atoms with Crippen molar-refractivity contribution >= 4 is 11.6 Å². The van der Waals surface area contributed by atoms with Crippen molar-refractivity contribution in [2.75, 3.05) is 5.32 Å². The highest BCUT2D eigenvalue weighted by atomic mass is 16.1. The van der Waals surface area contributed by atoms with Crippen LogP contribution in [-0.2, 0) is 4.79 Å². The van der Waals surface area contributed by atoms with Gasteiger partial charge in [0.1, 0.15) is 5.54 Å². The van der Waals surface area contributed by atoms with Crippen LogP contribution >= 0.6 is 0 Å². The number of amides is 1. The minimum atomic E-state index is -0.604. The van der Waals surface area contributed by atoms with E-state index >= 15 is 0 Å². The zero-order chi connectivity index (χ0) is 14.0. The predicted molar refractivity (Wildman–Crippen MR) is 78.9 cm³/mol. The molecule has 1 amide bonds. The van der Waals surface area contributed by atoms with E-state index < -0.39 is 5.54 Å². The van der Waals surface area contributed by atoms with Gasteiger partial charge in [0.25, 0.3) is 0 Å². The third kappa shape index (κ3) is 2.75. The number of carbonyl (C=O) groups excluding carboxylic acids is 1. The number of primary amides is 1. The Labute approximate surface area is 115 Å². The van der Waals surface area contributed by atoms with Crippen molar-refractivity contribution in [2.45, 2.75) is 45.6 Å². The van der Waals surface area contributed by atoms with Crippen LogP contribution in [0.4, 0.5) is 5.69 Å². The Bertz CT molecular complexity index is 454. The molecule has 0 spiro atoms. The zero-order valence-corrected chi connectivity index (χ0v) is 12.1. The monoisotopic (exact) mass is 260 g/mol. The Kier molecular flexibility index (Phi) is 3.83. The highest BCUT2D eigenvalue weighted by molar-refractivity contribution is 5.88. The van der Waals surface area contributed by atoms with Crippen molar-refractivity contribution < 1.29 is 4.79 Å². The number of anilines is 1. The topological polar surface area (TPSA) is 55.1 Å². The summed E-state index contributed by atoms with van der Waals surface area (Å²) in [7, 11) is 0. The fourth-order valence-corrected chi connectivity index (χ4v) is 3.11. The molecule has 0 aromatic heterocycles. The molecule has 3 atom stereocenters. The fourth-order valence-electron chi connectivity index (χ4n) is 3.11. The molecule has 19 heavy (non-hydrogen) atoms. The first kappa shape index (κ1) is 13.9. The van der Waals surface area contributed by atoms with Crippen molar-refractivity contribution in [3.8, 4) is 0 Å². The van der Waals surface area contributed by atoms with Gasteiger partial charge in [-0.05, 0) is 43.7 Å². The van der Waals surface area contributed by atoms with E-state index in [9.17, 15) is 4.79 Å². The molecule has 3 heteroatoms. The molecule has 0 heterocycles. The van der Waals surface area contributed by atoms with Gasteiger partial charge in [0.15, 0.2) is 0 Å². The number of carbonyl (C=O) groups is 1. The lowest BCUT2D eigenvalue weighted by Crippen LogP contribution is -2.57. The average Bonchev–Trinajstić information content (AvgIpc) is 2.36. The molecule has 1 saturated carbocycles. The highest BCUT2D eigenvalue weighted by Crippen LogP contribution is 2.39. The summed E-state index contributed by atoms with van der Waals surface area (Å²) in [6, 6.07) is 8.14. The Balaban J connectivity index is 2.28. The summed E-state index contributed by atoms with van der Waals surface area (Å²) in [5.74, 6) is 0.566. The average molecular weight is 260 g/mol. The number of nitrogens with two attached hydrogens (primary N) is 1. The second-order valence-electron chi connectivity index (χ2n) is 6.11. The Morgan fingerprint density at radius 2 is 1.89 bits per heavy atom. The van der Waals surface area contributed by atoms with E-state index in [1.54, 1.807) is 0 Å². The molecular weight excluding hydrogens is 236 g/mol. The maximum absolute atomic E-state index is 12.1. The van der Waals surface area contributed by atoms with Crippen LogP contribution in [0.15, 0.2) is 24.3 Å². The molecule has 0 saturated heterocycles. The van der Waals surface area contributed by atoms with Crippen molar-refractivity contribution in [3.05, 3.63) is 29.8 Å². The van der Waals surface area contributed by atoms with E-state index in [0.29, 0.717) is 5.92 Å². The first-order chi connectivity index (χ1) is 8.94. The molecule has 1 fully saturated rings. The molecule has 3 nitrogen and oxygen atoms in total. The number of rotatable bonds is 3. The van der Waals surface area contributed by atoms with Crippen LogP contribution in [0.25, 0.3) is 0 Å². The maximum atomic E-state index is 12.1. The van der Waals surface area contributed by atoms with E-state index in [4.69, 9.17) is 5.73 Å². The first-order valence-corrected chi connectivity index (χ1v) is 7.09. The van der Waals surface area contributed by atoms with Gasteiger partial charge in [0.2, 0.25) is 5.91 Å². The largest absolute Gasteiger partial charge is 0.371 e. The summed E-state index contributed by atoms with van der Waals surface area (Å²) in [5, 5.41) is 3.43. The van der Waals surface area contributed by atoms with Crippen LogP contribution in [0.1, 0.15) is 38.7 Å². The van der Waals surface area contributed by atoms with Crippen LogP contribution in [-0.4, -0.2) is 11.4 Å². The number of hydrogen-bond donors (Lipinski definition) is 2. The quantitative estimate of drug-likeness (QED) is 0.877. The molecule has 1 aliphatic carbocycles. The minimum absolute atomic E-state index is 0.230. The lowest BCUT2D eigenvalue weighted by atomic mass is 9.69. The lowest BCUT2D eigenvalue weighted by Gasteiger charge is -2.43. The highest BCUT2D eigenvalue weighted by Gasteiger charge is 2.45. The van der Waals surface area contributed by atoms with Crippen LogP contribution in [0.3, 0.4) is 0 Å². The molecular formula is C16H24N2O. The smallest absolute Gasteiger partial charge is 0.243 e. The molecule has 3 unspecified atom stereocenters. The van der Waals surface area contributed by atoms with Gasteiger partial charge < -0.3 is 11.1 Å². The Hall–Kier alpha value is -1.51. The molecule has 0 aliphatic heterocycles. The number of benzene rings is 1. The molecule has 0 radical (unpaired) electrons. The van der Waals surface area contributed by atoms with Gasteiger partial charge in [-0.1, -0.05) is 38.0 Å². The van der Waals surface area contributed by atoms with Gasteiger partial charge in [0, 0.05) is 5.69 Å². The standard InChI is InChI=1S/C16H24N2O/c1-11-5-8-14(9-6-11)18-16(15(17)19)10-12(2)4-7-13(16)3/h5-6,8-9,12-13,18H,4,7,10H2,1-3H3,(H2,17,19). The molecule has 2 rings (SSSR count). The molecule has 104 valence electrons. The third-order valence-electron chi connectivity index (χ3n) is 4.46. The van der Waals surface area contributed by atoms with E-state index in [-0.39, 0.29) is 11.8 Å². The van der Waals surface area contributed by atoms with Crippen molar-refractivity contribution in [3.63, 3.8) is 0 Å². The van der Waals surface area contributed by atoms with Crippen molar-refractivity contribution in [2.24, 2.45) is 17.6 Å².